The van der Waals surface area contributed by atoms with Gasteiger partial charge in [0, 0.05) is 30.5 Å². The highest BCUT2D eigenvalue weighted by molar-refractivity contribution is 6.06. The molecular weight excluding hydrogens is 416 g/mol. The third-order valence-corrected chi connectivity index (χ3v) is 7.88. The molecular formula is C27H28N2O4. The Morgan fingerprint density at radius 2 is 1.73 bits per heavy atom. The second kappa shape index (κ2) is 7.37. The number of ether oxygens (including phenoxy) is 2. The van der Waals surface area contributed by atoms with Crippen LogP contribution in [0.15, 0.2) is 47.3 Å². The number of aromatic nitrogens is 1. The number of rotatable bonds is 1. The maximum Gasteiger partial charge on any atom is 0.255 e. The number of aryl methyl sites for hydroxylation is 1. The molecule has 3 aliphatic rings. The van der Waals surface area contributed by atoms with Crippen LogP contribution in [-0.2, 0) is 12.5 Å². The van der Waals surface area contributed by atoms with Crippen molar-refractivity contribution < 1.29 is 14.3 Å². The second-order valence-corrected chi connectivity index (χ2v) is 9.65. The minimum absolute atomic E-state index is 0.0804. The van der Waals surface area contributed by atoms with Crippen molar-refractivity contribution in [2.45, 2.75) is 44.1 Å². The van der Waals surface area contributed by atoms with Gasteiger partial charge in [-0.3, -0.25) is 9.59 Å². The molecule has 0 N–H and O–H groups in total. The van der Waals surface area contributed by atoms with Gasteiger partial charge < -0.3 is 18.9 Å². The van der Waals surface area contributed by atoms with Gasteiger partial charge in [-0.05, 0) is 49.1 Å². The summed E-state index contributed by atoms with van der Waals surface area (Å²) in [6, 6.07) is 13.3. The highest BCUT2D eigenvalue weighted by atomic mass is 16.6. The molecule has 170 valence electrons. The predicted molar refractivity (Wildman–Crippen MR) is 126 cm³/mol. The Hall–Kier alpha value is -3.28. The minimum atomic E-state index is -0.169. The molecule has 1 unspecified atom stereocenters. The van der Waals surface area contributed by atoms with E-state index in [0.29, 0.717) is 25.3 Å². The van der Waals surface area contributed by atoms with Gasteiger partial charge in [0.15, 0.2) is 11.5 Å². The second-order valence-electron chi connectivity index (χ2n) is 9.65. The van der Waals surface area contributed by atoms with E-state index in [1.165, 1.54) is 11.6 Å². The van der Waals surface area contributed by atoms with Crippen molar-refractivity contribution in [1.29, 1.82) is 0 Å². The molecule has 1 aliphatic carbocycles. The molecule has 6 heteroatoms. The van der Waals surface area contributed by atoms with Gasteiger partial charge in [0.25, 0.3) is 11.5 Å². The monoisotopic (exact) mass is 444 g/mol. The number of amides is 1. The van der Waals surface area contributed by atoms with Crippen LogP contribution in [0.1, 0.15) is 60.1 Å². The number of nitrogens with zero attached hydrogens (tertiary/aromatic N) is 2. The Kier molecular flexibility index (Phi) is 4.54. The van der Waals surface area contributed by atoms with Gasteiger partial charge in [-0.15, -0.1) is 0 Å². The summed E-state index contributed by atoms with van der Waals surface area (Å²) in [5.41, 5.74) is 3.44. The molecule has 6 rings (SSSR count). The fraction of sp³-hybridized carbons (Fsp3) is 0.407. The Bertz CT molecular complexity index is 1340. The van der Waals surface area contributed by atoms with Gasteiger partial charge >= 0.3 is 0 Å². The molecule has 1 saturated carbocycles. The van der Waals surface area contributed by atoms with E-state index < -0.39 is 0 Å². The molecule has 33 heavy (non-hydrogen) atoms. The molecule has 2 aliphatic heterocycles. The Morgan fingerprint density at radius 1 is 1.03 bits per heavy atom. The van der Waals surface area contributed by atoms with Crippen LogP contribution in [0.2, 0.25) is 0 Å². The van der Waals surface area contributed by atoms with Gasteiger partial charge in [0.1, 0.15) is 13.2 Å². The normalized spacial score (nSPS) is 20.8. The average molecular weight is 445 g/mol. The summed E-state index contributed by atoms with van der Waals surface area (Å²) in [7, 11) is 1.75. The van der Waals surface area contributed by atoms with E-state index in [0.717, 1.165) is 53.6 Å². The summed E-state index contributed by atoms with van der Waals surface area (Å²) in [6.45, 7) is 3.84. The van der Waals surface area contributed by atoms with Crippen LogP contribution in [0.25, 0.3) is 10.9 Å². The van der Waals surface area contributed by atoms with Crippen molar-refractivity contribution >= 4 is 16.8 Å². The third-order valence-electron chi connectivity index (χ3n) is 7.88. The number of fused-ring (bicyclic) bond motifs is 4. The van der Waals surface area contributed by atoms with Crippen LogP contribution in [0.5, 0.6) is 11.5 Å². The molecule has 3 aromatic rings. The van der Waals surface area contributed by atoms with Gasteiger partial charge in [-0.2, -0.15) is 0 Å². The summed E-state index contributed by atoms with van der Waals surface area (Å²) < 4.78 is 13.4. The summed E-state index contributed by atoms with van der Waals surface area (Å²) in [5, 5.41) is 0.810. The zero-order chi connectivity index (χ0) is 22.7. The number of hydrogen-bond donors (Lipinski definition) is 0. The Balaban J connectivity index is 1.50. The lowest BCUT2D eigenvalue weighted by atomic mass is 9.71. The highest BCUT2D eigenvalue weighted by Gasteiger charge is 2.46. The lowest BCUT2D eigenvalue weighted by molar-refractivity contribution is 0.0595. The smallest absolute Gasteiger partial charge is 0.255 e. The molecule has 1 aromatic heterocycles. The molecule has 6 nitrogen and oxygen atoms in total. The van der Waals surface area contributed by atoms with Crippen LogP contribution in [0.4, 0.5) is 0 Å². The maximum atomic E-state index is 14.0. The topological polar surface area (TPSA) is 60.8 Å². The first kappa shape index (κ1) is 20.3. The number of pyridine rings is 1. The predicted octanol–water partition coefficient (Wildman–Crippen LogP) is 4.34. The van der Waals surface area contributed by atoms with Gasteiger partial charge in [0.2, 0.25) is 0 Å². The first-order valence-electron chi connectivity index (χ1n) is 11.8. The van der Waals surface area contributed by atoms with Crippen LogP contribution in [-0.4, -0.2) is 35.1 Å². The number of hydrogen-bond acceptors (Lipinski definition) is 4. The molecule has 2 aromatic carbocycles. The fourth-order valence-electron chi connectivity index (χ4n) is 6.09. The first-order chi connectivity index (χ1) is 16.0. The van der Waals surface area contributed by atoms with E-state index in [4.69, 9.17) is 9.47 Å². The van der Waals surface area contributed by atoms with Crippen molar-refractivity contribution in [3.63, 3.8) is 0 Å². The van der Waals surface area contributed by atoms with Crippen molar-refractivity contribution in [2.24, 2.45) is 7.05 Å². The zero-order valence-corrected chi connectivity index (χ0v) is 19.1. The highest BCUT2D eigenvalue weighted by Crippen LogP contribution is 2.52. The van der Waals surface area contributed by atoms with E-state index in [2.05, 4.69) is 19.1 Å². The number of benzene rings is 2. The summed E-state index contributed by atoms with van der Waals surface area (Å²) in [5.74, 6) is 1.49. The molecule has 1 amide bonds. The van der Waals surface area contributed by atoms with Crippen molar-refractivity contribution in [3.8, 4) is 11.5 Å². The molecule has 0 saturated heterocycles. The largest absolute Gasteiger partial charge is 0.486 e. The molecule has 0 radical (unpaired) electrons. The fourth-order valence-corrected chi connectivity index (χ4v) is 6.09. The number of carbonyl (C=O) groups is 1. The number of para-hydroxylation sites is 1. The van der Waals surface area contributed by atoms with Crippen molar-refractivity contribution in [2.75, 3.05) is 19.8 Å². The molecule has 1 atom stereocenters. The van der Waals surface area contributed by atoms with Crippen LogP contribution >= 0.6 is 0 Å². The van der Waals surface area contributed by atoms with Gasteiger partial charge in [-0.1, -0.05) is 31.0 Å². The lowest BCUT2D eigenvalue weighted by Gasteiger charge is -2.46. The summed E-state index contributed by atoms with van der Waals surface area (Å²) >= 11 is 0. The van der Waals surface area contributed by atoms with E-state index in [9.17, 15) is 9.59 Å². The van der Waals surface area contributed by atoms with Gasteiger partial charge in [0.05, 0.1) is 17.1 Å². The zero-order valence-electron chi connectivity index (χ0n) is 19.1. The lowest BCUT2D eigenvalue weighted by Crippen LogP contribution is -2.49. The van der Waals surface area contributed by atoms with Gasteiger partial charge in [-0.25, -0.2) is 0 Å². The third kappa shape index (κ3) is 3.00. The minimum Gasteiger partial charge on any atom is -0.486 e. The quantitative estimate of drug-likeness (QED) is 0.560. The van der Waals surface area contributed by atoms with Crippen LogP contribution in [0, 0.1) is 0 Å². The van der Waals surface area contributed by atoms with E-state index >= 15 is 0 Å². The molecule has 3 heterocycles. The number of carbonyl (C=O) groups excluding carboxylic acids is 1. The summed E-state index contributed by atoms with van der Waals surface area (Å²) in [6.07, 6.45) is 4.40. The molecule has 0 bridgehead atoms. The Labute approximate surface area is 192 Å². The Morgan fingerprint density at radius 3 is 2.48 bits per heavy atom. The summed E-state index contributed by atoms with van der Waals surface area (Å²) in [4.78, 5) is 28.7. The van der Waals surface area contributed by atoms with E-state index in [1.54, 1.807) is 11.6 Å². The van der Waals surface area contributed by atoms with E-state index in [1.807, 2.05) is 29.2 Å². The van der Waals surface area contributed by atoms with Crippen LogP contribution in [0.3, 0.4) is 0 Å². The van der Waals surface area contributed by atoms with Crippen LogP contribution < -0.4 is 15.0 Å². The SMILES string of the molecule is CC1c2cc3c(cc2C2(CCCC2)CN1C(=O)c1cc(=O)n(C)c2ccccc12)OCCO3. The molecule has 1 fully saturated rings. The van der Waals surface area contributed by atoms with Crippen molar-refractivity contribution in [3.05, 3.63) is 69.5 Å². The molecule has 1 spiro atoms. The standard InChI is InChI=1S/C27H28N2O4/c1-17-19-13-23-24(33-12-11-32-23)15-21(19)27(9-5-6-10-27)16-29(17)26(31)20-14-25(30)28(2)22-8-4-3-7-18(20)22/h3-4,7-8,13-15,17H,5-6,9-12,16H2,1-2H3. The maximum absolute atomic E-state index is 14.0. The van der Waals surface area contributed by atoms with E-state index in [-0.39, 0.29) is 22.9 Å². The first-order valence-corrected chi connectivity index (χ1v) is 11.8. The average Bonchev–Trinajstić information content (AvgIpc) is 3.32. The van der Waals surface area contributed by atoms with Crippen molar-refractivity contribution in [1.82, 2.24) is 9.47 Å².